The van der Waals surface area contributed by atoms with Crippen LogP contribution in [0.1, 0.15) is 49.0 Å². The minimum atomic E-state index is 0.542. The van der Waals surface area contributed by atoms with E-state index in [1.165, 1.54) is 24.8 Å². The number of aliphatic imine (C=N–C) groups is 1. The normalized spacial score (nSPS) is 14.3. The molecule has 1 aromatic heterocycles. The fourth-order valence-corrected chi connectivity index (χ4v) is 3.50. The molecule has 28 heavy (non-hydrogen) atoms. The third kappa shape index (κ3) is 5.24. The molecule has 3 rings (SSSR count). The molecule has 7 heteroatoms. The van der Waals surface area contributed by atoms with Crippen molar-refractivity contribution in [3.63, 3.8) is 0 Å². The number of rotatable bonds is 7. The molecule has 0 radical (unpaired) electrons. The summed E-state index contributed by atoms with van der Waals surface area (Å²) in [5, 5.41) is 15.4. The van der Waals surface area contributed by atoms with Gasteiger partial charge in [0.1, 0.15) is 18.1 Å². The van der Waals surface area contributed by atoms with Gasteiger partial charge in [-0.15, -0.1) is 10.2 Å². The predicted octanol–water partition coefficient (Wildman–Crippen LogP) is 2.62. The Labute approximate surface area is 167 Å². The van der Waals surface area contributed by atoms with Gasteiger partial charge in [-0.3, -0.25) is 0 Å². The van der Waals surface area contributed by atoms with Gasteiger partial charge in [0.25, 0.3) is 0 Å². The van der Waals surface area contributed by atoms with E-state index in [-0.39, 0.29) is 0 Å². The molecule has 0 saturated heterocycles. The van der Waals surface area contributed by atoms with Crippen molar-refractivity contribution in [3.8, 4) is 5.75 Å². The van der Waals surface area contributed by atoms with E-state index in [2.05, 4.69) is 57.4 Å². The highest BCUT2D eigenvalue weighted by Crippen LogP contribution is 2.19. The second-order valence-electron chi connectivity index (χ2n) is 7.17. The smallest absolute Gasteiger partial charge is 0.191 e. The lowest BCUT2D eigenvalue weighted by Crippen LogP contribution is -2.38. The van der Waals surface area contributed by atoms with Crippen molar-refractivity contribution in [3.05, 3.63) is 41.0 Å². The van der Waals surface area contributed by atoms with Crippen molar-refractivity contribution in [2.75, 3.05) is 20.2 Å². The van der Waals surface area contributed by atoms with E-state index >= 15 is 0 Å². The molecule has 7 nitrogen and oxygen atoms in total. The van der Waals surface area contributed by atoms with E-state index in [0.717, 1.165) is 61.4 Å². The van der Waals surface area contributed by atoms with Crippen LogP contribution in [0.5, 0.6) is 5.75 Å². The van der Waals surface area contributed by atoms with Crippen molar-refractivity contribution in [2.24, 2.45) is 4.99 Å². The van der Waals surface area contributed by atoms with Gasteiger partial charge in [-0.2, -0.15) is 0 Å². The summed E-state index contributed by atoms with van der Waals surface area (Å²) in [5.41, 5.74) is 2.40. The zero-order valence-electron chi connectivity index (χ0n) is 17.3. The largest absolute Gasteiger partial charge is 0.496 e. The highest BCUT2D eigenvalue weighted by atomic mass is 16.5. The van der Waals surface area contributed by atoms with Gasteiger partial charge in [0.2, 0.25) is 0 Å². The first-order valence-corrected chi connectivity index (χ1v) is 10.3. The van der Waals surface area contributed by atoms with E-state index in [0.29, 0.717) is 6.54 Å². The SMILES string of the molecule is CCNC(=NCc1nnc2n1CCCCC2)NCCc1ccc(C)c(OC)c1. The summed E-state index contributed by atoms with van der Waals surface area (Å²) in [4.78, 5) is 4.72. The molecule has 0 fully saturated rings. The molecule has 1 aliphatic heterocycles. The van der Waals surface area contributed by atoms with Crippen molar-refractivity contribution in [1.29, 1.82) is 0 Å². The molecule has 2 heterocycles. The standard InChI is InChI=1S/C21H32N6O/c1-4-22-21(23-12-11-17-10-9-16(2)18(14-17)28-3)24-15-20-26-25-19-8-6-5-7-13-27(19)20/h9-10,14H,4-8,11-13,15H2,1-3H3,(H2,22,23,24). The molecule has 0 unspecified atom stereocenters. The lowest BCUT2D eigenvalue weighted by Gasteiger charge is -2.12. The third-order valence-corrected chi connectivity index (χ3v) is 5.09. The Hall–Kier alpha value is -2.57. The number of guanidine groups is 1. The van der Waals surface area contributed by atoms with Crippen molar-refractivity contribution < 1.29 is 4.74 Å². The fourth-order valence-electron chi connectivity index (χ4n) is 3.50. The summed E-state index contributed by atoms with van der Waals surface area (Å²) in [6.45, 7) is 7.30. The molecule has 0 bridgehead atoms. The molecule has 152 valence electrons. The highest BCUT2D eigenvalue weighted by molar-refractivity contribution is 5.79. The zero-order valence-corrected chi connectivity index (χ0v) is 17.3. The van der Waals surface area contributed by atoms with E-state index in [1.54, 1.807) is 7.11 Å². The lowest BCUT2D eigenvalue weighted by atomic mass is 10.1. The fraction of sp³-hybridized carbons (Fsp3) is 0.571. The minimum Gasteiger partial charge on any atom is -0.496 e. The van der Waals surface area contributed by atoms with Crippen molar-refractivity contribution in [2.45, 2.75) is 59.0 Å². The van der Waals surface area contributed by atoms with Crippen LogP contribution in [0.3, 0.4) is 0 Å². The Morgan fingerprint density at radius 2 is 2.11 bits per heavy atom. The summed E-state index contributed by atoms with van der Waals surface area (Å²) < 4.78 is 7.66. The van der Waals surface area contributed by atoms with Gasteiger partial charge in [-0.25, -0.2) is 4.99 Å². The third-order valence-electron chi connectivity index (χ3n) is 5.09. The average molecular weight is 385 g/mol. The number of aryl methyl sites for hydroxylation is 2. The van der Waals surface area contributed by atoms with Crippen LogP contribution in [0.4, 0.5) is 0 Å². The van der Waals surface area contributed by atoms with Crippen LogP contribution in [0.25, 0.3) is 0 Å². The number of nitrogens with zero attached hydrogens (tertiary/aromatic N) is 4. The maximum atomic E-state index is 5.41. The first-order valence-electron chi connectivity index (χ1n) is 10.3. The lowest BCUT2D eigenvalue weighted by molar-refractivity contribution is 0.411. The van der Waals surface area contributed by atoms with Crippen LogP contribution in [-0.4, -0.2) is 40.9 Å². The minimum absolute atomic E-state index is 0.542. The topological polar surface area (TPSA) is 76.4 Å². The second-order valence-corrected chi connectivity index (χ2v) is 7.17. The summed E-state index contributed by atoms with van der Waals surface area (Å²) in [5.74, 6) is 3.81. The van der Waals surface area contributed by atoms with Crippen LogP contribution in [-0.2, 0) is 25.9 Å². The Bertz CT molecular complexity index is 798. The second kappa shape index (κ2) is 10.1. The first-order chi connectivity index (χ1) is 13.7. The number of ether oxygens (including phenoxy) is 1. The molecular formula is C21H32N6O. The molecule has 0 atom stereocenters. The van der Waals surface area contributed by atoms with Gasteiger partial charge >= 0.3 is 0 Å². The van der Waals surface area contributed by atoms with Gasteiger partial charge in [0.15, 0.2) is 11.8 Å². The number of benzene rings is 1. The van der Waals surface area contributed by atoms with Crippen LogP contribution in [0, 0.1) is 6.92 Å². The zero-order chi connectivity index (χ0) is 19.8. The molecular weight excluding hydrogens is 352 g/mol. The van der Waals surface area contributed by atoms with E-state index < -0.39 is 0 Å². The molecule has 0 amide bonds. The number of nitrogens with one attached hydrogen (secondary N) is 2. The maximum Gasteiger partial charge on any atom is 0.191 e. The van der Waals surface area contributed by atoms with Crippen LogP contribution in [0.15, 0.2) is 23.2 Å². The molecule has 0 saturated carbocycles. The Balaban J connectivity index is 1.58. The number of aromatic nitrogens is 3. The Kier molecular flexibility index (Phi) is 7.28. The average Bonchev–Trinajstić information content (AvgIpc) is 2.93. The van der Waals surface area contributed by atoms with Crippen LogP contribution >= 0.6 is 0 Å². The Morgan fingerprint density at radius 1 is 1.21 bits per heavy atom. The molecule has 0 spiro atoms. The number of methoxy groups -OCH3 is 1. The van der Waals surface area contributed by atoms with E-state index in [4.69, 9.17) is 9.73 Å². The van der Waals surface area contributed by atoms with E-state index in [1.807, 2.05) is 0 Å². The monoisotopic (exact) mass is 384 g/mol. The maximum absolute atomic E-state index is 5.41. The van der Waals surface area contributed by atoms with Gasteiger partial charge in [0, 0.05) is 26.1 Å². The molecule has 0 aliphatic carbocycles. The van der Waals surface area contributed by atoms with Crippen LogP contribution < -0.4 is 15.4 Å². The number of hydrogen-bond donors (Lipinski definition) is 2. The number of hydrogen-bond acceptors (Lipinski definition) is 4. The Morgan fingerprint density at radius 3 is 2.93 bits per heavy atom. The highest BCUT2D eigenvalue weighted by Gasteiger charge is 2.14. The van der Waals surface area contributed by atoms with Crippen molar-refractivity contribution >= 4 is 5.96 Å². The van der Waals surface area contributed by atoms with Gasteiger partial charge in [-0.1, -0.05) is 18.6 Å². The van der Waals surface area contributed by atoms with Crippen molar-refractivity contribution in [1.82, 2.24) is 25.4 Å². The van der Waals surface area contributed by atoms with E-state index in [9.17, 15) is 0 Å². The van der Waals surface area contributed by atoms with Crippen LogP contribution in [0.2, 0.25) is 0 Å². The summed E-state index contributed by atoms with van der Waals surface area (Å²) in [6, 6.07) is 6.35. The summed E-state index contributed by atoms with van der Waals surface area (Å²) in [7, 11) is 1.71. The van der Waals surface area contributed by atoms with Gasteiger partial charge in [-0.05, 0) is 50.3 Å². The first kappa shape index (κ1) is 20.2. The van der Waals surface area contributed by atoms with Gasteiger partial charge in [0.05, 0.1) is 7.11 Å². The molecule has 1 aromatic carbocycles. The summed E-state index contributed by atoms with van der Waals surface area (Å²) in [6.07, 6.45) is 5.59. The molecule has 2 N–H and O–H groups in total. The quantitative estimate of drug-likeness (QED) is 0.567. The summed E-state index contributed by atoms with van der Waals surface area (Å²) >= 11 is 0. The molecule has 1 aliphatic rings. The van der Waals surface area contributed by atoms with Gasteiger partial charge < -0.3 is 19.9 Å². The predicted molar refractivity (Wildman–Crippen MR) is 112 cm³/mol. The number of fused-ring (bicyclic) bond motifs is 1. The molecule has 2 aromatic rings.